The van der Waals surface area contributed by atoms with Crippen LogP contribution in [0.5, 0.6) is 0 Å². The van der Waals surface area contributed by atoms with Crippen molar-refractivity contribution in [2.24, 2.45) is 0 Å². The quantitative estimate of drug-likeness (QED) is 0.160. The molecule has 0 radical (unpaired) electrons. The van der Waals surface area contributed by atoms with Gasteiger partial charge in [-0.25, -0.2) is 0 Å². The summed E-state index contributed by atoms with van der Waals surface area (Å²) in [5, 5.41) is 7.08. The molecule has 0 saturated heterocycles. The summed E-state index contributed by atoms with van der Waals surface area (Å²) in [6, 6.07) is 81.0. The average molecular weight is 796 g/mol. The summed E-state index contributed by atoms with van der Waals surface area (Å²) in [6.07, 6.45) is 0. The van der Waals surface area contributed by atoms with E-state index in [0.29, 0.717) is 0 Å². The van der Waals surface area contributed by atoms with Gasteiger partial charge in [-0.05, 0) is 92.9 Å². The van der Waals surface area contributed by atoms with Gasteiger partial charge in [0.15, 0.2) is 0 Å². The van der Waals surface area contributed by atoms with Crippen LogP contribution in [0.3, 0.4) is 0 Å². The second-order valence-corrected chi connectivity index (χ2v) is 16.7. The number of benzene rings is 10. The van der Waals surface area contributed by atoms with E-state index in [0.717, 1.165) is 61.3 Å². The van der Waals surface area contributed by atoms with Crippen molar-refractivity contribution in [2.45, 2.75) is 0 Å². The maximum atomic E-state index is 7.06. The van der Waals surface area contributed by atoms with E-state index in [2.05, 4.69) is 229 Å². The summed E-state index contributed by atoms with van der Waals surface area (Å²) in [5.41, 5.74) is 14.3. The van der Waals surface area contributed by atoms with Crippen LogP contribution in [0.1, 0.15) is 0 Å². The standard InChI is InChI=1S/C58H37NOS/c1-5-15-38(16-6-1)42-26-29-51-54(35-42)60-58-46(41-21-11-4-12-22-41)32-34-53(57(51)58)59(52-33-31-45(40-19-9-3-10-20-40)47-23-13-14-24-48(47)52)44-27-30-50-49-28-25-43(39-17-7-2-8-18-39)36-55(49)61-56(50)37-44/h1-37H. The fourth-order valence-electron chi connectivity index (χ4n) is 9.17. The normalized spacial score (nSPS) is 11.6. The number of furan rings is 1. The van der Waals surface area contributed by atoms with E-state index in [4.69, 9.17) is 4.42 Å². The molecule has 3 heteroatoms. The minimum Gasteiger partial charge on any atom is -0.455 e. The molecule has 12 rings (SSSR count). The van der Waals surface area contributed by atoms with Crippen LogP contribution in [0.2, 0.25) is 0 Å². The molecule has 2 aromatic heterocycles. The molecule has 12 aromatic rings. The zero-order valence-corrected chi connectivity index (χ0v) is 33.9. The third-order valence-corrected chi connectivity index (χ3v) is 13.2. The van der Waals surface area contributed by atoms with Crippen molar-refractivity contribution >= 4 is 81.3 Å². The van der Waals surface area contributed by atoms with Gasteiger partial charge in [0.2, 0.25) is 0 Å². The molecule has 0 bridgehead atoms. The SMILES string of the molecule is c1ccc(-c2ccc3c(c2)oc2c(-c4ccccc4)ccc(N(c4ccc5c(c4)sc4cc(-c6ccccc6)ccc45)c4ccc(-c5ccccc5)c5ccccc45)c23)cc1. The second kappa shape index (κ2) is 14.5. The first-order valence-corrected chi connectivity index (χ1v) is 21.6. The molecular formula is C58H37NOS. The fourth-order valence-corrected chi connectivity index (χ4v) is 10.4. The van der Waals surface area contributed by atoms with E-state index >= 15 is 0 Å². The lowest BCUT2D eigenvalue weighted by molar-refractivity contribution is 0.670. The van der Waals surface area contributed by atoms with Crippen LogP contribution in [0, 0.1) is 0 Å². The highest BCUT2D eigenvalue weighted by atomic mass is 32.1. The van der Waals surface area contributed by atoms with Crippen LogP contribution in [0.4, 0.5) is 17.1 Å². The van der Waals surface area contributed by atoms with Crippen molar-refractivity contribution in [3.05, 3.63) is 224 Å². The third-order valence-electron chi connectivity index (χ3n) is 12.1. The molecule has 0 aliphatic carbocycles. The second-order valence-electron chi connectivity index (χ2n) is 15.6. The van der Waals surface area contributed by atoms with Crippen LogP contribution in [-0.4, -0.2) is 0 Å². The molecule has 0 fully saturated rings. The first-order chi connectivity index (χ1) is 30.2. The molecule has 2 nitrogen and oxygen atoms in total. The summed E-state index contributed by atoms with van der Waals surface area (Å²) >= 11 is 1.86. The maximum absolute atomic E-state index is 7.06. The number of hydrogen-bond acceptors (Lipinski definition) is 3. The first kappa shape index (κ1) is 35.2. The van der Waals surface area contributed by atoms with Gasteiger partial charge in [-0.3, -0.25) is 0 Å². The molecule has 0 aliphatic heterocycles. The van der Waals surface area contributed by atoms with Gasteiger partial charge in [-0.1, -0.05) is 176 Å². The largest absolute Gasteiger partial charge is 0.455 e. The number of nitrogens with zero attached hydrogens (tertiary/aromatic N) is 1. The van der Waals surface area contributed by atoms with E-state index in [1.807, 2.05) is 11.3 Å². The molecule has 0 aliphatic rings. The monoisotopic (exact) mass is 795 g/mol. The van der Waals surface area contributed by atoms with Crippen LogP contribution >= 0.6 is 11.3 Å². The fraction of sp³-hybridized carbons (Fsp3) is 0. The van der Waals surface area contributed by atoms with E-state index < -0.39 is 0 Å². The Morgan fingerprint density at radius 1 is 0.328 bits per heavy atom. The van der Waals surface area contributed by atoms with Crippen LogP contribution in [0.15, 0.2) is 229 Å². The Bertz CT molecular complexity index is 3570. The van der Waals surface area contributed by atoms with Crippen molar-refractivity contribution in [3.63, 3.8) is 0 Å². The zero-order chi connectivity index (χ0) is 40.3. The highest BCUT2D eigenvalue weighted by Crippen LogP contribution is 2.50. The van der Waals surface area contributed by atoms with Gasteiger partial charge < -0.3 is 9.32 Å². The highest BCUT2D eigenvalue weighted by Gasteiger charge is 2.25. The smallest absolute Gasteiger partial charge is 0.145 e. The molecule has 0 N–H and O–H groups in total. The van der Waals surface area contributed by atoms with Gasteiger partial charge in [0, 0.05) is 42.2 Å². The van der Waals surface area contributed by atoms with Crippen molar-refractivity contribution in [1.29, 1.82) is 0 Å². The molecule has 2 heterocycles. The lowest BCUT2D eigenvalue weighted by Gasteiger charge is -2.28. The number of fused-ring (bicyclic) bond motifs is 7. The zero-order valence-electron chi connectivity index (χ0n) is 33.1. The van der Waals surface area contributed by atoms with Crippen molar-refractivity contribution in [2.75, 3.05) is 4.90 Å². The Hall–Kier alpha value is -7.72. The number of thiophene rings is 1. The third kappa shape index (κ3) is 6.01. The molecule has 61 heavy (non-hydrogen) atoms. The van der Waals surface area contributed by atoms with E-state index in [1.165, 1.54) is 53.2 Å². The number of rotatable bonds is 7. The molecule has 10 aromatic carbocycles. The van der Waals surface area contributed by atoms with Gasteiger partial charge in [0.05, 0.1) is 16.8 Å². The van der Waals surface area contributed by atoms with E-state index in [9.17, 15) is 0 Å². The Labute approximate surface area is 357 Å². The van der Waals surface area contributed by atoms with Gasteiger partial charge in [0.1, 0.15) is 11.2 Å². The number of hydrogen-bond donors (Lipinski definition) is 0. The average Bonchev–Trinajstić information content (AvgIpc) is 3.91. The summed E-state index contributed by atoms with van der Waals surface area (Å²) in [7, 11) is 0. The van der Waals surface area contributed by atoms with Gasteiger partial charge in [0.25, 0.3) is 0 Å². The molecular weight excluding hydrogens is 759 g/mol. The predicted molar refractivity (Wildman–Crippen MR) is 261 cm³/mol. The molecule has 0 unspecified atom stereocenters. The highest BCUT2D eigenvalue weighted by molar-refractivity contribution is 7.25. The van der Waals surface area contributed by atoms with Crippen LogP contribution in [0.25, 0.3) is 97.4 Å². The van der Waals surface area contributed by atoms with Gasteiger partial charge in [-0.15, -0.1) is 11.3 Å². The summed E-state index contributed by atoms with van der Waals surface area (Å²) in [4.78, 5) is 2.47. The summed E-state index contributed by atoms with van der Waals surface area (Å²) in [5.74, 6) is 0. The minimum atomic E-state index is 0.861. The van der Waals surface area contributed by atoms with E-state index in [-0.39, 0.29) is 0 Å². The van der Waals surface area contributed by atoms with Gasteiger partial charge >= 0.3 is 0 Å². The first-order valence-electron chi connectivity index (χ1n) is 20.7. The summed E-state index contributed by atoms with van der Waals surface area (Å²) < 4.78 is 9.59. The Morgan fingerprint density at radius 3 is 1.51 bits per heavy atom. The molecule has 0 amide bonds. The maximum Gasteiger partial charge on any atom is 0.145 e. The predicted octanol–water partition coefficient (Wildman–Crippen LogP) is 17.2. The number of anilines is 3. The molecule has 286 valence electrons. The van der Waals surface area contributed by atoms with Crippen LogP contribution in [-0.2, 0) is 0 Å². The topological polar surface area (TPSA) is 16.4 Å². The molecule has 0 spiro atoms. The Kier molecular flexibility index (Phi) is 8.39. The van der Waals surface area contributed by atoms with Crippen molar-refractivity contribution in [3.8, 4) is 44.5 Å². The van der Waals surface area contributed by atoms with Crippen molar-refractivity contribution in [1.82, 2.24) is 0 Å². The Morgan fingerprint density at radius 2 is 0.836 bits per heavy atom. The summed E-state index contributed by atoms with van der Waals surface area (Å²) in [6.45, 7) is 0. The minimum absolute atomic E-state index is 0.861. The van der Waals surface area contributed by atoms with Gasteiger partial charge in [-0.2, -0.15) is 0 Å². The lowest BCUT2D eigenvalue weighted by atomic mass is 9.95. The van der Waals surface area contributed by atoms with Crippen LogP contribution < -0.4 is 4.90 Å². The molecule has 0 atom stereocenters. The van der Waals surface area contributed by atoms with Crippen molar-refractivity contribution < 1.29 is 4.42 Å². The van der Waals surface area contributed by atoms with E-state index in [1.54, 1.807) is 0 Å². The Balaban J connectivity index is 1.13. The molecule has 0 saturated carbocycles. The lowest BCUT2D eigenvalue weighted by Crippen LogP contribution is -2.11.